The summed E-state index contributed by atoms with van der Waals surface area (Å²) in [4.78, 5) is 11.5. The Morgan fingerprint density at radius 1 is 1.64 bits per heavy atom. The van der Waals surface area contributed by atoms with Crippen LogP contribution in [-0.4, -0.2) is 16.0 Å². The molecule has 0 atom stereocenters. The minimum absolute atomic E-state index is 0.185. The maximum absolute atomic E-state index is 11.5. The summed E-state index contributed by atoms with van der Waals surface area (Å²) >= 11 is 0. The lowest BCUT2D eigenvalue weighted by Crippen LogP contribution is -2.19. The van der Waals surface area contributed by atoms with E-state index in [4.69, 9.17) is 0 Å². The zero-order valence-electron chi connectivity index (χ0n) is 6.64. The van der Waals surface area contributed by atoms with Gasteiger partial charge in [0.2, 0.25) is 0 Å². The predicted molar refractivity (Wildman–Crippen MR) is 40.4 cm³/mol. The molecule has 2 rings (SSSR count). The molecule has 0 fully saturated rings. The van der Waals surface area contributed by atoms with Gasteiger partial charge in [-0.3, -0.25) is 9.89 Å². The molecule has 0 aromatic carbocycles. The van der Waals surface area contributed by atoms with Crippen LogP contribution in [0.2, 0.25) is 0 Å². The average molecular weight is 150 g/mol. The van der Waals surface area contributed by atoms with E-state index in [1.807, 2.05) is 13.8 Å². The molecule has 0 spiro atoms. The van der Waals surface area contributed by atoms with E-state index in [1.165, 1.54) is 0 Å². The smallest absolute Gasteiger partial charge is 0.186 e. The van der Waals surface area contributed by atoms with Crippen LogP contribution in [0, 0.1) is 5.41 Å². The summed E-state index contributed by atoms with van der Waals surface area (Å²) in [5, 5.41) is 6.54. The molecule has 0 aliphatic heterocycles. The highest BCUT2D eigenvalue weighted by molar-refractivity contribution is 6.02. The third-order valence-corrected chi connectivity index (χ3v) is 2.19. The van der Waals surface area contributed by atoms with Crippen LogP contribution in [0.5, 0.6) is 0 Å². The molecule has 0 bridgehead atoms. The molecule has 1 heterocycles. The van der Waals surface area contributed by atoms with Crippen LogP contribution in [0.1, 0.15) is 29.9 Å². The fourth-order valence-corrected chi connectivity index (χ4v) is 1.54. The molecule has 0 saturated heterocycles. The summed E-state index contributed by atoms with van der Waals surface area (Å²) < 4.78 is 0. The van der Waals surface area contributed by atoms with Gasteiger partial charge in [0.05, 0.1) is 6.20 Å². The number of ketones is 1. The number of aromatic nitrogens is 2. The highest BCUT2D eigenvalue weighted by atomic mass is 16.1. The Morgan fingerprint density at radius 3 is 3.00 bits per heavy atom. The third-order valence-electron chi connectivity index (χ3n) is 2.19. The highest BCUT2D eigenvalue weighted by Gasteiger charge is 2.38. The first-order valence-corrected chi connectivity index (χ1v) is 3.68. The van der Waals surface area contributed by atoms with Gasteiger partial charge >= 0.3 is 0 Å². The second-order valence-corrected chi connectivity index (χ2v) is 3.66. The Morgan fingerprint density at radius 2 is 2.36 bits per heavy atom. The Hall–Kier alpha value is -1.12. The standard InChI is InChI=1S/C8H10N2O/c1-8(2)3-5-4-9-10-6(5)7(8)11/h4H,3H2,1-2H3,(H,9,10). The molecular weight excluding hydrogens is 140 g/mol. The first-order chi connectivity index (χ1) is 5.11. The molecule has 3 nitrogen and oxygen atoms in total. The van der Waals surface area contributed by atoms with Gasteiger partial charge in [-0.05, 0) is 6.42 Å². The molecule has 1 aromatic rings. The predicted octanol–water partition coefficient (Wildman–Crippen LogP) is 1.17. The van der Waals surface area contributed by atoms with E-state index in [0.717, 1.165) is 12.0 Å². The van der Waals surface area contributed by atoms with Crippen molar-refractivity contribution in [3.05, 3.63) is 17.5 Å². The number of hydrogen-bond donors (Lipinski definition) is 1. The number of aromatic amines is 1. The lowest BCUT2D eigenvalue weighted by molar-refractivity contribution is 0.0858. The van der Waals surface area contributed by atoms with E-state index in [-0.39, 0.29) is 11.2 Å². The largest absolute Gasteiger partial charge is 0.292 e. The number of nitrogens with zero attached hydrogens (tertiary/aromatic N) is 1. The second-order valence-electron chi connectivity index (χ2n) is 3.66. The second kappa shape index (κ2) is 1.72. The summed E-state index contributed by atoms with van der Waals surface area (Å²) in [6.07, 6.45) is 2.56. The van der Waals surface area contributed by atoms with Gasteiger partial charge in [-0.2, -0.15) is 5.10 Å². The van der Waals surface area contributed by atoms with E-state index in [9.17, 15) is 4.79 Å². The van der Waals surface area contributed by atoms with Crippen molar-refractivity contribution in [3.8, 4) is 0 Å². The molecule has 11 heavy (non-hydrogen) atoms. The van der Waals surface area contributed by atoms with Crippen LogP contribution in [0.15, 0.2) is 6.20 Å². The van der Waals surface area contributed by atoms with Gasteiger partial charge in [-0.15, -0.1) is 0 Å². The fraction of sp³-hybridized carbons (Fsp3) is 0.500. The maximum atomic E-state index is 11.5. The third kappa shape index (κ3) is 0.737. The van der Waals surface area contributed by atoms with Crippen molar-refractivity contribution in [2.24, 2.45) is 5.41 Å². The van der Waals surface area contributed by atoms with E-state index in [1.54, 1.807) is 6.20 Å². The summed E-state index contributed by atoms with van der Waals surface area (Å²) in [6.45, 7) is 3.92. The molecule has 1 aromatic heterocycles. The van der Waals surface area contributed by atoms with Crippen molar-refractivity contribution < 1.29 is 4.79 Å². The summed E-state index contributed by atoms with van der Waals surface area (Å²) in [5.41, 5.74) is 1.54. The van der Waals surface area contributed by atoms with Crippen molar-refractivity contribution in [1.29, 1.82) is 0 Å². The van der Waals surface area contributed by atoms with E-state index < -0.39 is 0 Å². The highest BCUT2D eigenvalue weighted by Crippen LogP contribution is 2.34. The number of hydrogen-bond acceptors (Lipinski definition) is 2. The monoisotopic (exact) mass is 150 g/mol. The first-order valence-electron chi connectivity index (χ1n) is 3.68. The number of rotatable bonds is 0. The number of fused-ring (bicyclic) bond motifs is 1. The minimum atomic E-state index is -0.218. The normalized spacial score (nSPS) is 20.4. The Labute approximate surface area is 64.8 Å². The van der Waals surface area contributed by atoms with Crippen LogP contribution in [0.4, 0.5) is 0 Å². The lowest BCUT2D eigenvalue weighted by atomic mass is 9.89. The topological polar surface area (TPSA) is 45.8 Å². The van der Waals surface area contributed by atoms with Gasteiger partial charge < -0.3 is 0 Å². The maximum Gasteiger partial charge on any atom is 0.186 e. The van der Waals surface area contributed by atoms with Gasteiger partial charge in [0.15, 0.2) is 5.78 Å². The number of Topliss-reactive ketones (excluding diaryl/α,β-unsaturated/α-hetero) is 1. The summed E-state index contributed by atoms with van der Waals surface area (Å²) in [5.74, 6) is 0.185. The van der Waals surface area contributed by atoms with Crippen LogP contribution in [0.3, 0.4) is 0 Å². The molecule has 0 radical (unpaired) electrons. The molecular formula is C8H10N2O. The molecule has 58 valence electrons. The molecule has 0 amide bonds. The Kier molecular flexibility index (Phi) is 1.03. The molecule has 0 saturated carbocycles. The van der Waals surface area contributed by atoms with Crippen molar-refractivity contribution in [1.82, 2.24) is 10.2 Å². The van der Waals surface area contributed by atoms with Gasteiger partial charge in [-0.25, -0.2) is 0 Å². The zero-order valence-corrected chi connectivity index (χ0v) is 6.64. The SMILES string of the molecule is CC1(C)Cc2cn[nH]c2C1=O. The number of nitrogens with one attached hydrogen (secondary N) is 1. The molecule has 1 aliphatic carbocycles. The average Bonchev–Trinajstić information content (AvgIpc) is 2.39. The number of H-pyrrole nitrogens is 1. The van der Waals surface area contributed by atoms with Gasteiger partial charge in [0.25, 0.3) is 0 Å². The first kappa shape index (κ1) is 6.58. The van der Waals surface area contributed by atoms with Crippen LogP contribution < -0.4 is 0 Å². The van der Waals surface area contributed by atoms with Gasteiger partial charge in [-0.1, -0.05) is 13.8 Å². The van der Waals surface area contributed by atoms with Crippen LogP contribution in [-0.2, 0) is 6.42 Å². The van der Waals surface area contributed by atoms with Crippen molar-refractivity contribution >= 4 is 5.78 Å². The quantitative estimate of drug-likeness (QED) is 0.603. The Balaban J connectivity index is 2.54. The lowest BCUT2D eigenvalue weighted by Gasteiger charge is -2.12. The molecule has 0 unspecified atom stereocenters. The van der Waals surface area contributed by atoms with Crippen LogP contribution in [0.25, 0.3) is 0 Å². The van der Waals surface area contributed by atoms with Gasteiger partial charge in [0.1, 0.15) is 5.69 Å². The van der Waals surface area contributed by atoms with Crippen molar-refractivity contribution in [2.75, 3.05) is 0 Å². The summed E-state index contributed by atoms with van der Waals surface area (Å²) in [6, 6.07) is 0. The minimum Gasteiger partial charge on any atom is -0.292 e. The molecule has 1 N–H and O–H groups in total. The van der Waals surface area contributed by atoms with Crippen molar-refractivity contribution in [3.63, 3.8) is 0 Å². The van der Waals surface area contributed by atoms with E-state index in [0.29, 0.717) is 5.69 Å². The van der Waals surface area contributed by atoms with Crippen molar-refractivity contribution in [2.45, 2.75) is 20.3 Å². The van der Waals surface area contributed by atoms with Crippen LogP contribution >= 0.6 is 0 Å². The fourth-order valence-electron chi connectivity index (χ4n) is 1.54. The zero-order chi connectivity index (χ0) is 8.06. The summed E-state index contributed by atoms with van der Waals surface area (Å²) in [7, 11) is 0. The molecule has 3 heteroatoms. The number of carbonyl (C=O) groups excluding carboxylic acids is 1. The Bertz CT molecular complexity index is 312. The molecule has 1 aliphatic rings. The van der Waals surface area contributed by atoms with E-state index >= 15 is 0 Å². The number of carbonyl (C=O) groups is 1. The van der Waals surface area contributed by atoms with E-state index in [2.05, 4.69) is 10.2 Å². The van der Waals surface area contributed by atoms with Gasteiger partial charge in [0, 0.05) is 11.0 Å².